The number of thioether (sulfide) groups is 1. The molecule has 22 heavy (non-hydrogen) atoms. The molecule has 2 rings (SSSR count). The topological polar surface area (TPSA) is 86.9 Å². The predicted molar refractivity (Wildman–Crippen MR) is 78.5 cm³/mol. The molecule has 1 heterocycles. The van der Waals surface area contributed by atoms with Crippen molar-refractivity contribution in [2.45, 2.75) is 24.3 Å². The van der Waals surface area contributed by atoms with Crippen molar-refractivity contribution in [2.24, 2.45) is 0 Å². The molecule has 6 nitrogen and oxygen atoms in total. The average molecular weight is 328 g/mol. The van der Waals surface area contributed by atoms with Gasteiger partial charge in [-0.2, -0.15) is 0 Å². The van der Waals surface area contributed by atoms with Crippen molar-refractivity contribution >= 4 is 34.7 Å². The lowest BCUT2D eigenvalue weighted by atomic mass is 10.3. The van der Waals surface area contributed by atoms with Crippen molar-refractivity contribution < 1.29 is 18.4 Å². The Bertz CT molecular complexity index is 680. The molecule has 2 aromatic rings. The number of halogens is 2. The Morgan fingerprint density at radius 3 is 2.73 bits per heavy atom. The third kappa shape index (κ3) is 3.73. The number of aromatic nitrogens is 2. The number of carbonyl (C=O) groups is 2. The van der Waals surface area contributed by atoms with Gasteiger partial charge in [-0.05, 0) is 13.8 Å². The maximum absolute atomic E-state index is 13.1. The summed E-state index contributed by atoms with van der Waals surface area (Å²) in [5, 5.41) is 4.34. The Morgan fingerprint density at radius 2 is 2.05 bits per heavy atom. The van der Waals surface area contributed by atoms with Crippen LogP contribution in [0.3, 0.4) is 0 Å². The smallest absolute Gasteiger partial charge is 0.321 e. The van der Waals surface area contributed by atoms with Gasteiger partial charge in [-0.3, -0.25) is 10.1 Å². The zero-order valence-corrected chi connectivity index (χ0v) is 12.7. The number of imidazole rings is 1. The van der Waals surface area contributed by atoms with E-state index in [1.807, 2.05) is 0 Å². The summed E-state index contributed by atoms with van der Waals surface area (Å²) in [4.78, 5) is 29.9. The molecular weight excluding hydrogens is 314 g/mol. The highest BCUT2D eigenvalue weighted by atomic mass is 32.2. The molecule has 0 aliphatic rings. The van der Waals surface area contributed by atoms with Crippen LogP contribution in [0, 0.1) is 11.6 Å². The minimum Gasteiger partial charge on any atom is -0.338 e. The molecule has 0 aliphatic heterocycles. The molecule has 1 unspecified atom stereocenters. The van der Waals surface area contributed by atoms with E-state index in [0.29, 0.717) is 17.2 Å². The first-order valence-electron chi connectivity index (χ1n) is 6.50. The number of H-pyrrole nitrogens is 1. The van der Waals surface area contributed by atoms with Crippen LogP contribution in [-0.4, -0.2) is 33.7 Å². The van der Waals surface area contributed by atoms with Crippen LogP contribution in [-0.2, 0) is 4.79 Å². The second kappa shape index (κ2) is 6.73. The Hall–Kier alpha value is -2.16. The third-order valence-corrected chi connectivity index (χ3v) is 3.72. The molecule has 0 aliphatic carbocycles. The second-order valence-corrected chi connectivity index (χ2v) is 5.76. The van der Waals surface area contributed by atoms with Gasteiger partial charge in [-0.25, -0.2) is 18.6 Å². The van der Waals surface area contributed by atoms with Gasteiger partial charge < -0.3 is 10.3 Å². The lowest BCUT2D eigenvalue weighted by Crippen LogP contribution is -2.42. The summed E-state index contributed by atoms with van der Waals surface area (Å²) in [7, 11) is 0. The van der Waals surface area contributed by atoms with Crippen molar-refractivity contribution in [3.63, 3.8) is 0 Å². The number of urea groups is 1. The van der Waals surface area contributed by atoms with Gasteiger partial charge in [-0.1, -0.05) is 11.8 Å². The van der Waals surface area contributed by atoms with Crippen LogP contribution < -0.4 is 10.6 Å². The van der Waals surface area contributed by atoms with E-state index in [2.05, 4.69) is 20.6 Å². The van der Waals surface area contributed by atoms with Gasteiger partial charge in [0.1, 0.15) is 0 Å². The number of nitrogens with zero attached hydrogens (tertiary/aromatic N) is 1. The number of amides is 3. The number of imide groups is 1. The van der Waals surface area contributed by atoms with Crippen molar-refractivity contribution in [3.05, 3.63) is 23.8 Å². The number of benzene rings is 1. The molecule has 1 aromatic carbocycles. The summed E-state index contributed by atoms with van der Waals surface area (Å²) in [6.07, 6.45) is 0. The van der Waals surface area contributed by atoms with E-state index in [9.17, 15) is 18.4 Å². The summed E-state index contributed by atoms with van der Waals surface area (Å²) >= 11 is 1.05. The molecule has 0 spiro atoms. The Kier molecular flexibility index (Phi) is 4.96. The van der Waals surface area contributed by atoms with E-state index in [0.717, 1.165) is 23.9 Å². The van der Waals surface area contributed by atoms with Crippen LogP contribution >= 0.6 is 11.8 Å². The highest BCUT2D eigenvalue weighted by molar-refractivity contribution is 8.00. The number of aromatic amines is 1. The normalized spacial score (nSPS) is 12.2. The van der Waals surface area contributed by atoms with Gasteiger partial charge in [0.25, 0.3) is 0 Å². The second-order valence-electron chi connectivity index (χ2n) is 4.43. The summed E-state index contributed by atoms with van der Waals surface area (Å²) < 4.78 is 26.2. The minimum atomic E-state index is -0.988. The van der Waals surface area contributed by atoms with E-state index in [1.165, 1.54) is 0 Å². The Labute approximate surface area is 129 Å². The standard InChI is InChI=1S/C13H14F2N4O2S/c1-3-16-12(21)19-11(20)6(2)22-13-17-9-4-7(14)8(15)5-10(9)18-13/h4-6H,3H2,1-2H3,(H,17,18)(H2,16,19,20,21). The van der Waals surface area contributed by atoms with E-state index in [-0.39, 0.29) is 5.52 Å². The number of fused-ring (bicyclic) bond motifs is 1. The average Bonchev–Trinajstić information content (AvgIpc) is 2.80. The first-order chi connectivity index (χ1) is 10.4. The highest BCUT2D eigenvalue weighted by Crippen LogP contribution is 2.24. The van der Waals surface area contributed by atoms with Crippen LogP contribution in [0.15, 0.2) is 17.3 Å². The molecule has 3 N–H and O–H groups in total. The van der Waals surface area contributed by atoms with Crippen LogP contribution in [0.2, 0.25) is 0 Å². The van der Waals surface area contributed by atoms with E-state index in [4.69, 9.17) is 0 Å². The molecule has 3 amide bonds. The van der Waals surface area contributed by atoms with Crippen LogP contribution in [0.25, 0.3) is 11.0 Å². The summed E-state index contributed by atoms with van der Waals surface area (Å²) in [5.74, 6) is -2.46. The quantitative estimate of drug-likeness (QED) is 0.751. The zero-order chi connectivity index (χ0) is 16.3. The molecule has 118 valence electrons. The minimum absolute atomic E-state index is 0.262. The van der Waals surface area contributed by atoms with E-state index < -0.39 is 28.8 Å². The maximum atomic E-state index is 13.1. The molecule has 0 bridgehead atoms. The van der Waals surface area contributed by atoms with Gasteiger partial charge >= 0.3 is 6.03 Å². The summed E-state index contributed by atoms with van der Waals surface area (Å²) in [5.41, 5.74) is 0.593. The molecule has 0 radical (unpaired) electrons. The molecule has 1 aromatic heterocycles. The number of nitrogens with one attached hydrogen (secondary N) is 3. The largest absolute Gasteiger partial charge is 0.338 e. The van der Waals surface area contributed by atoms with Crippen molar-refractivity contribution in [3.8, 4) is 0 Å². The van der Waals surface area contributed by atoms with Crippen molar-refractivity contribution in [1.82, 2.24) is 20.6 Å². The monoisotopic (exact) mass is 328 g/mol. The number of carbonyl (C=O) groups excluding carboxylic acids is 2. The number of rotatable bonds is 4. The highest BCUT2D eigenvalue weighted by Gasteiger charge is 2.19. The SMILES string of the molecule is CCNC(=O)NC(=O)C(C)Sc1nc2cc(F)c(F)cc2[nH]1. The van der Waals surface area contributed by atoms with Gasteiger partial charge in [0.05, 0.1) is 16.3 Å². The first-order valence-corrected chi connectivity index (χ1v) is 7.38. The van der Waals surface area contributed by atoms with Crippen LogP contribution in [0.1, 0.15) is 13.8 Å². The molecular formula is C13H14F2N4O2S. The lowest BCUT2D eigenvalue weighted by molar-refractivity contribution is -0.119. The van der Waals surface area contributed by atoms with Gasteiger partial charge in [0, 0.05) is 18.7 Å². The Balaban J connectivity index is 2.06. The van der Waals surface area contributed by atoms with Crippen molar-refractivity contribution in [2.75, 3.05) is 6.54 Å². The molecule has 0 saturated heterocycles. The van der Waals surface area contributed by atoms with Crippen molar-refractivity contribution in [1.29, 1.82) is 0 Å². The predicted octanol–water partition coefficient (Wildman–Crippen LogP) is 2.17. The third-order valence-electron chi connectivity index (χ3n) is 2.73. The van der Waals surface area contributed by atoms with Gasteiger partial charge in [0.15, 0.2) is 16.8 Å². The fraction of sp³-hybridized carbons (Fsp3) is 0.308. The molecule has 1 atom stereocenters. The molecule has 0 saturated carbocycles. The number of hydrogen-bond acceptors (Lipinski definition) is 4. The summed E-state index contributed by atoms with van der Waals surface area (Å²) in [6.45, 7) is 3.73. The number of hydrogen-bond donors (Lipinski definition) is 3. The van der Waals surface area contributed by atoms with Gasteiger partial charge in [-0.15, -0.1) is 0 Å². The molecule has 9 heteroatoms. The summed E-state index contributed by atoms with van der Waals surface area (Å²) in [6, 6.07) is 1.40. The van der Waals surface area contributed by atoms with E-state index in [1.54, 1.807) is 13.8 Å². The Morgan fingerprint density at radius 1 is 1.36 bits per heavy atom. The zero-order valence-electron chi connectivity index (χ0n) is 11.9. The van der Waals surface area contributed by atoms with Crippen LogP contribution in [0.4, 0.5) is 13.6 Å². The van der Waals surface area contributed by atoms with Crippen LogP contribution in [0.5, 0.6) is 0 Å². The fourth-order valence-electron chi connectivity index (χ4n) is 1.68. The fourth-order valence-corrected chi connectivity index (χ4v) is 2.50. The first kappa shape index (κ1) is 16.2. The maximum Gasteiger partial charge on any atom is 0.321 e. The van der Waals surface area contributed by atoms with E-state index >= 15 is 0 Å². The molecule has 0 fully saturated rings. The lowest BCUT2D eigenvalue weighted by Gasteiger charge is -2.09. The van der Waals surface area contributed by atoms with Gasteiger partial charge in [0.2, 0.25) is 5.91 Å².